The summed E-state index contributed by atoms with van der Waals surface area (Å²) in [5.74, 6) is -4.40. The van der Waals surface area contributed by atoms with Gasteiger partial charge in [-0.15, -0.1) is 0 Å². The van der Waals surface area contributed by atoms with Crippen molar-refractivity contribution in [2.45, 2.75) is 26.2 Å². The second-order valence-corrected chi connectivity index (χ2v) is 7.06. The second-order valence-electron chi connectivity index (χ2n) is 7.06. The van der Waals surface area contributed by atoms with Crippen molar-refractivity contribution in [3.8, 4) is 22.9 Å². The smallest absolute Gasteiger partial charge is 0.349 e. The van der Waals surface area contributed by atoms with E-state index in [1.54, 1.807) is 6.07 Å². The second kappa shape index (κ2) is 7.68. The molecule has 3 aromatic carbocycles. The number of ether oxygens (including phenoxy) is 1. The lowest BCUT2D eigenvalue weighted by Gasteiger charge is -2.22. The molecule has 0 aliphatic heterocycles. The lowest BCUT2D eigenvalue weighted by molar-refractivity contribution is 0.0724. The van der Waals surface area contributed by atoms with E-state index in [0.29, 0.717) is 18.4 Å². The molecule has 0 saturated heterocycles. The Bertz CT molecular complexity index is 1230. The lowest BCUT2D eigenvalue weighted by atomic mass is 9.83. The minimum atomic E-state index is -1.26. The zero-order valence-corrected chi connectivity index (χ0v) is 16.1. The van der Waals surface area contributed by atoms with Crippen LogP contribution < -0.4 is 4.74 Å². The highest BCUT2D eigenvalue weighted by molar-refractivity contribution is 5.93. The van der Waals surface area contributed by atoms with Gasteiger partial charge in [-0.3, -0.25) is 0 Å². The maximum atomic E-state index is 15.1. The van der Waals surface area contributed by atoms with Gasteiger partial charge in [0.2, 0.25) is 0 Å². The molecule has 3 aromatic rings. The van der Waals surface area contributed by atoms with E-state index >= 15 is 4.39 Å². The molecular weight excluding hydrogens is 391 g/mol. The van der Waals surface area contributed by atoms with Crippen molar-refractivity contribution in [2.75, 3.05) is 0 Å². The van der Waals surface area contributed by atoms with Gasteiger partial charge in [0.05, 0.1) is 5.56 Å². The molecule has 0 unspecified atom stereocenters. The number of halogens is 3. The van der Waals surface area contributed by atoms with Gasteiger partial charge in [0.1, 0.15) is 34.8 Å². The molecule has 0 atom stereocenters. The topological polar surface area (TPSA) is 50.1 Å². The number of fused-ring (bicyclic) bond motifs is 3. The summed E-state index contributed by atoms with van der Waals surface area (Å²) in [6.45, 7) is 2.04. The van der Waals surface area contributed by atoms with E-state index in [1.165, 1.54) is 6.07 Å². The molecule has 3 nitrogen and oxygen atoms in total. The maximum Gasteiger partial charge on any atom is 0.349 e. The summed E-state index contributed by atoms with van der Waals surface area (Å²) >= 11 is 0. The Morgan fingerprint density at radius 2 is 1.83 bits per heavy atom. The molecule has 0 fully saturated rings. The number of hydrogen-bond acceptors (Lipinski definition) is 3. The van der Waals surface area contributed by atoms with Gasteiger partial charge in [0.15, 0.2) is 0 Å². The third-order valence-corrected chi connectivity index (χ3v) is 5.31. The molecule has 6 heteroatoms. The van der Waals surface area contributed by atoms with Crippen LogP contribution in [0.15, 0.2) is 42.5 Å². The summed E-state index contributed by atoms with van der Waals surface area (Å²) in [4.78, 5) is 12.4. The van der Waals surface area contributed by atoms with Gasteiger partial charge in [-0.05, 0) is 65.3 Å². The van der Waals surface area contributed by atoms with Crippen molar-refractivity contribution < 1.29 is 22.7 Å². The first-order valence-corrected chi connectivity index (χ1v) is 9.47. The molecule has 1 aliphatic rings. The van der Waals surface area contributed by atoms with Crippen LogP contribution in [0.1, 0.15) is 39.5 Å². The van der Waals surface area contributed by atoms with Gasteiger partial charge >= 0.3 is 5.97 Å². The van der Waals surface area contributed by atoms with Gasteiger partial charge < -0.3 is 4.74 Å². The lowest BCUT2D eigenvalue weighted by Crippen LogP contribution is -2.17. The van der Waals surface area contributed by atoms with E-state index in [0.717, 1.165) is 41.3 Å². The zero-order chi connectivity index (χ0) is 21.4. The number of benzene rings is 3. The quantitative estimate of drug-likeness (QED) is 0.424. The van der Waals surface area contributed by atoms with Crippen molar-refractivity contribution >= 4 is 5.97 Å². The Kier molecular flexibility index (Phi) is 5.04. The third-order valence-electron chi connectivity index (χ3n) is 5.31. The fourth-order valence-electron chi connectivity index (χ4n) is 3.74. The maximum absolute atomic E-state index is 15.1. The molecule has 0 aromatic heterocycles. The standard InChI is InChI=1S/C24H16F3NO2/c1-2-13-3-7-17-14(9-13)5-8-18-19(17)11-21(26)22(23(18)27)24(29)30-16-6-4-15(12-28)20(25)10-16/h3-4,6-7,9-11H,2,5,8H2,1H3. The van der Waals surface area contributed by atoms with E-state index in [1.807, 2.05) is 25.1 Å². The summed E-state index contributed by atoms with van der Waals surface area (Å²) in [6.07, 6.45) is 1.77. The van der Waals surface area contributed by atoms with Crippen molar-refractivity contribution in [3.63, 3.8) is 0 Å². The SMILES string of the molecule is CCc1ccc2c(c1)CCc1c-2cc(F)c(C(=O)Oc2ccc(C#N)c(F)c2)c1F. The molecule has 0 N–H and O–H groups in total. The van der Waals surface area contributed by atoms with E-state index < -0.39 is 29.0 Å². The van der Waals surface area contributed by atoms with E-state index in [2.05, 4.69) is 0 Å². The molecule has 4 rings (SSSR count). The van der Waals surface area contributed by atoms with E-state index in [9.17, 15) is 13.6 Å². The summed E-state index contributed by atoms with van der Waals surface area (Å²) < 4.78 is 48.6. The molecule has 0 bridgehead atoms. The molecule has 0 saturated carbocycles. The molecule has 0 amide bonds. The van der Waals surface area contributed by atoms with E-state index in [-0.39, 0.29) is 16.9 Å². The highest BCUT2D eigenvalue weighted by Crippen LogP contribution is 2.37. The highest BCUT2D eigenvalue weighted by atomic mass is 19.1. The molecule has 150 valence electrons. The number of esters is 1. The number of nitriles is 1. The average molecular weight is 407 g/mol. The van der Waals surface area contributed by atoms with Crippen molar-refractivity contribution in [3.05, 3.63) is 87.7 Å². The van der Waals surface area contributed by atoms with Gasteiger partial charge in [-0.1, -0.05) is 25.1 Å². The Balaban J connectivity index is 1.72. The normalized spacial score (nSPS) is 12.0. The summed E-state index contributed by atoms with van der Waals surface area (Å²) in [5, 5.41) is 8.76. The molecule has 0 radical (unpaired) electrons. The first kappa shape index (κ1) is 19.7. The minimum absolute atomic E-state index is 0.231. The number of carbonyl (C=O) groups excluding carboxylic acids is 1. The summed E-state index contributed by atoms with van der Waals surface area (Å²) in [7, 11) is 0. The Morgan fingerprint density at radius 1 is 1.03 bits per heavy atom. The fraction of sp³-hybridized carbons (Fsp3) is 0.167. The number of rotatable bonds is 3. The molecule has 0 heterocycles. The first-order valence-electron chi connectivity index (χ1n) is 9.47. The van der Waals surface area contributed by atoms with E-state index in [4.69, 9.17) is 10.00 Å². The third kappa shape index (κ3) is 3.33. The largest absolute Gasteiger partial charge is 0.423 e. The van der Waals surface area contributed by atoms with Crippen LogP contribution in [0.4, 0.5) is 13.2 Å². The van der Waals surface area contributed by atoms with Crippen molar-refractivity contribution in [2.24, 2.45) is 0 Å². The summed E-state index contributed by atoms with van der Waals surface area (Å²) in [5.41, 5.74) is 2.55. The molecule has 0 spiro atoms. The van der Waals surface area contributed by atoms with Crippen LogP contribution in [0.3, 0.4) is 0 Å². The van der Waals surface area contributed by atoms with Crippen LogP contribution >= 0.6 is 0 Å². The van der Waals surface area contributed by atoms with Crippen molar-refractivity contribution in [1.82, 2.24) is 0 Å². The number of carbonyl (C=O) groups is 1. The fourth-order valence-corrected chi connectivity index (χ4v) is 3.74. The Hall–Kier alpha value is -3.59. The minimum Gasteiger partial charge on any atom is -0.423 e. The van der Waals surface area contributed by atoms with Crippen LogP contribution in [-0.4, -0.2) is 5.97 Å². The van der Waals surface area contributed by atoms with Crippen LogP contribution in [0, 0.1) is 28.8 Å². The van der Waals surface area contributed by atoms with Gasteiger partial charge in [-0.25, -0.2) is 18.0 Å². The number of hydrogen-bond donors (Lipinski definition) is 0. The number of aryl methyl sites for hydroxylation is 2. The Morgan fingerprint density at radius 3 is 2.53 bits per heavy atom. The number of nitrogens with zero attached hydrogens (tertiary/aromatic N) is 1. The van der Waals surface area contributed by atoms with Gasteiger partial charge in [0.25, 0.3) is 0 Å². The molecular formula is C24H16F3NO2. The Labute approximate surface area is 171 Å². The van der Waals surface area contributed by atoms with Crippen LogP contribution in [0.2, 0.25) is 0 Å². The highest BCUT2D eigenvalue weighted by Gasteiger charge is 2.28. The molecule has 1 aliphatic carbocycles. The predicted octanol–water partition coefficient (Wildman–Crippen LogP) is 5.52. The van der Waals surface area contributed by atoms with Crippen molar-refractivity contribution in [1.29, 1.82) is 5.26 Å². The van der Waals surface area contributed by atoms with Gasteiger partial charge in [0, 0.05) is 6.07 Å². The average Bonchev–Trinajstić information content (AvgIpc) is 2.73. The van der Waals surface area contributed by atoms with Crippen LogP contribution in [-0.2, 0) is 19.3 Å². The zero-order valence-electron chi connectivity index (χ0n) is 16.1. The van der Waals surface area contributed by atoms with Gasteiger partial charge in [-0.2, -0.15) is 5.26 Å². The summed E-state index contributed by atoms with van der Waals surface area (Å²) in [6, 6.07) is 11.7. The monoisotopic (exact) mass is 407 g/mol. The van der Waals surface area contributed by atoms with Crippen LogP contribution in [0.5, 0.6) is 5.75 Å². The predicted molar refractivity (Wildman–Crippen MR) is 105 cm³/mol. The first-order chi connectivity index (χ1) is 14.4. The van der Waals surface area contributed by atoms with Crippen LogP contribution in [0.25, 0.3) is 11.1 Å². The molecule has 30 heavy (non-hydrogen) atoms.